The Balaban J connectivity index is 4.89. The summed E-state index contributed by atoms with van der Waals surface area (Å²) < 4.78 is 29.6. The molecular weight excluding hydrogens is 482 g/mol. The third-order valence-corrected chi connectivity index (χ3v) is 4.82. The van der Waals surface area contributed by atoms with Crippen LogP contribution in [0.25, 0.3) is 0 Å². The fourth-order valence-electron chi connectivity index (χ4n) is 2.36. The highest BCUT2D eigenvalue weighted by molar-refractivity contribution is 9.09. The van der Waals surface area contributed by atoms with Gasteiger partial charge in [-0.05, 0) is 39.0 Å². The maximum absolute atomic E-state index is 15.3. The molecule has 0 aliphatic heterocycles. The minimum atomic E-state index is -3.25. The molecule has 6 nitrogen and oxygen atoms in total. The van der Waals surface area contributed by atoms with Gasteiger partial charge in [0.15, 0.2) is 0 Å². The highest BCUT2D eigenvalue weighted by Crippen LogP contribution is 2.30. The van der Waals surface area contributed by atoms with Crippen molar-refractivity contribution < 1.29 is 33.0 Å². The average molecular weight is 510 g/mol. The number of carbonyl (C=O) groups is 3. The molecule has 0 aliphatic rings. The maximum atomic E-state index is 15.3. The van der Waals surface area contributed by atoms with Gasteiger partial charge in [0, 0.05) is 16.6 Å². The molecule has 0 aromatic heterocycles. The minimum absolute atomic E-state index is 0.0692. The van der Waals surface area contributed by atoms with E-state index in [0.29, 0.717) is 25.1 Å². The molecule has 0 rings (SSSR count). The van der Waals surface area contributed by atoms with E-state index >= 15 is 4.39 Å². The normalized spacial score (nSPS) is 15.2. The smallest absolute Gasteiger partial charge is 0.385 e. The van der Waals surface area contributed by atoms with Crippen molar-refractivity contribution in [3.05, 3.63) is 0 Å². The lowest BCUT2D eigenvalue weighted by molar-refractivity contribution is -0.216. The maximum Gasteiger partial charge on any atom is 0.385 e. The number of hydrogen-bond donors (Lipinski definition) is 0. The second kappa shape index (κ2) is 16.2. The molecule has 0 aromatic carbocycles. The number of esters is 2. The van der Waals surface area contributed by atoms with Gasteiger partial charge in [0.05, 0.1) is 13.2 Å². The van der Waals surface area contributed by atoms with Crippen LogP contribution in [0.15, 0.2) is 0 Å². The van der Waals surface area contributed by atoms with Gasteiger partial charge in [-0.1, -0.05) is 28.8 Å². The van der Waals surface area contributed by atoms with Gasteiger partial charge in [0.2, 0.25) is 0 Å². The van der Waals surface area contributed by atoms with Crippen LogP contribution in [-0.4, -0.2) is 54.1 Å². The van der Waals surface area contributed by atoms with Gasteiger partial charge in [0.25, 0.3) is 6.47 Å². The van der Waals surface area contributed by atoms with Crippen LogP contribution < -0.4 is 0 Å². The van der Waals surface area contributed by atoms with E-state index in [-0.39, 0.29) is 36.8 Å². The van der Waals surface area contributed by atoms with E-state index in [2.05, 4.69) is 20.7 Å². The number of unbranched alkanes of at least 4 members (excludes halogenated alkanes) is 3. The summed E-state index contributed by atoms with van der Waals surface area (Å²) in [5.41, 5.74) is 0. The lowest BCUT2D eigenvalue weighted by atomic mass is 9.97. The summed E-state index contributed by atoms with van der Waals surface area (Å²) >= 11 is 14.5. The summed E-state index contributed by atoms with van der Waals surface area (Å²) in [6.07, 6.45) is 3.97. The predicted octanol–water partition coefficient (Wildman–Crippen LogP) is 4.52. The van der Waals surface area contributed by atoms with Crippen LogP contribution in [0, 0.1) is 5.92 Å². The van der Waals surface area contributed by atoms with Crippen LogP contribution in [0.3, 0.4) is 0 Å². The quantitative estimate of drug-likeness (QED) is 0.0942. The van der Waals surface area contributed by atoms with Gasteiger partial charge in [-0.25, -0.2) is 4.79 Å². The molecule has 0 saturated carbocycles. The van der Waals surface area contributed by atoms with Gasteiger partial charge in [-0.15, -0.1) is 23.2 Å². The zero-order valence-corrected chi connectivity index (χ0v) is 19.1. The Morgan fingerprint density at radius 1 is 1.11 bits per heavy atom. The molecule has 0 saturated heterocycles. The highest BCUT2D eigenvalue weighted by Gasteiger charge is 2.54. The summed E-state index contributed by atoms with van der Waals surface area (Å²) in [7, 11) is 0. The van der Waals surface area contributed by atoms with Gasteiger partial charge in [-0.2, -0.15) is 4.39 Å². The first-order valence-corrected chi connectivity index (χ1v) is 11.3. The van der Waals surface area contributed by atoms with Crippen molar-refractivity contribution in [1.29, 1.82) is 0 Å². The number of hydrogen-bond acceptors (Lipinski definition) is 6. The second-order valence-electron chi connectivity index (χ2n) is 6.22. The van der Waals surface area contributed by atoms with Gasteiger partial charge >= 0.3 is 17.8 Å². The van der Waals surface area contributed by atoms with Crippen molar-refractivity contribution in [2.45, 2.75) is 63.1 Å². The number of ether oxygens (including phenoxy) is 3. The first kappa shape index (κ1) is 27.4. The van der Waals surface area contributed by atoms with Crippen LogP contribution >= 0.6 is 39.1 Å². The Morgan fingerprint density at radius 3 is 2.32 bits per heavy atom. The van der Waals surface area contributed by atoms with E-state index in [1.165, 1.54) is 0 Å². The molecule has 28 heavy (non-hydrogen) atoms. The third-order valence-electron chi connectivity index (χ3n) is 3.88. The molecule has 0 fully saturated rings. The third kappa shape index (κ3) is 10.8. The number of rotatable bonds is 17. The van der Waals surface area contributed by atoms with Crippen molar-refractivity contribution in [2.24, 2.45) is 5.92 Å². The Labute approximate surface area is 183 Å². The van der Waals surface area contributed by atoms with Crippen LogP contribution in [0.4, 0.5) is 4.39 Å². The fraction of sp³-hybridized carbons (Fsp3) is 0.833. The van der Waals surface area contributed by atoms with E-state index in [1.54, 1.807) is 6.92 Å². The summed E-state index contributed by atoms with van der Waals surface area (Å²) in [4.78, 5) is 35.3. The summed E-state index contributed by atoms with van der Waals surface area (Å²) in [5, 5.41) is 0.0635. The molecule has 3 atom stereocenters. The average Bonchev–Trinajstić information content (AvgIpc) is 2.65. The monoisotopic (exact) mass is 508 g/mol. The minimum Gasteiger partial charge on any atom is -0.465 e. The Hall–Kier alpha value is -0.600. The summed E-state index contributed by atoms with van der Waals surface area (Å²) in [5.74, 6) is -6.73. The predicted molar refractivity (Wildman–Crippen MR) is 109 cm³/mol. The lowest BCUT2D eigenvalue weighted by Gasteiger charge is -2.28. The Bertz CT molecular complexity index is 469. The van der Waals surface area contributed by atoms with Crippen LogP contribution in [0.2, 0.25) is 0 Å². The molecule has 10 heteroatoms. The van der Waals surface area contributed by atoms with E-state index < -0.39 is 23.7 Å². The molecule has 0 aliphatic carbocycles. The number of halogens is 4. The molecule has 0 spiro atoms. The second-order valence-corrected chi connectivity index (χ2v) is 8.13. The molecule has 164 valence electrons. The highest BCUT2D eigenvalue weighted by atomic mass is 79.9. The SMILES string of the molecule is CC(Cl)CCCOC(=O)C(F)(OC=O)C(CCBr)C(=O)OCCCCCCCl. The molecular formula is C18H28BrCl2FO6. The topological polar surface area (TPSA) is 78.9 Å². The zero-order valence-electron chi connectivity index (χ0n) is 16.0. The number of carbonyl (C=O) groups excluding carboxylic acids is 3. The van der Waals surface area contributed by atoms with E-state index in [4.69, 9.17) is 32.7 Å². The molecule has 0 radical (unpaired) electrons. The molecule has 0 heterocycles. The summed E-state index contributed by atoms with van der Waals surface area (Å²) in [6.45, 7) is 1.51. The largest absolute Gasteiger partial charge is 0.465 e. The van der Waals surface area contributed by atoms with E-state index in [1.807, 2.05) is 0 Å². The molecule has 0 aromatic rings. The summed E-state index contributed by atoms with van der Waals surface area (Å²) in [6, 6.07) is 0. The van der Waals surface area contributed by atoms with Crippen molar-refractivity contribution in [3.8, 4) is 0 Å². The van der Waals surface area contributed by atoms with Crippen molar-refractivity contribution >= 4 is 57.5 Å². The van der Waals surface area contributed by atoms with Gasteiger partial charge < -0.3 is 14.2 Å². The molecule has 0 N–H and O–H groups in total. The van der Waals surface area contributed by atoms with Crippen LogP contribution in [0.5, 0.6) is 0 Å². The first-order chi connectivity index (χ1) is 13.3. The Kier molecular flexibility index (Phi) is 15.9. The first-order valence-electron chi connectivity index (χ1n) is 9.23. The van der Waals surface area contributed by atoms with E-state index in [9.17, 15) is 14.4 Å². The van der Waals surface area contributed by atoms with Crippen LogP contribution in [0.1, 0.15) is 51.9 Å². The van der Waals surface area contributed by atoms with Crippen molar-refractivity contribution in [3.63, 3.8) is 0 Å². The molecule has 3 unspecified atom stereocenters. The zero-order chi connectivity index (χ0) is 21.4. The van der Waals surface area contributed by atoms with Gasteiger partial charge in [-0.3, -0.25) is 9.59 Å². The molecule has 0 amide bonds. The standard InChI is InChI=1S/C18H28BrCl2FO6/c1-14(21)7-6-12-27-17(25)18(22,28-13-23)15(8-9-19)16(24)26-11-5-3-2-4-10-20/h13-15H,2-12H2,1H3. The fourth-order valence-corrected chi connectivity index (χ4v) is 3.16. The lowest BCUT2D eigenvalue weighted by Crippen LogP contribution is -2.49. The van der Waals surface area contributed by atoms with Gasteiger partial charge in [0.1, 0.15) is 5.92 Å². The molecule has 0 bridgehead atoms. The van der Waals surface area contributed by atoms with Crippen molar-refractivity contribution in [1.82, 2.24) is 0 Å². The van der Waals surface area contributed by atoms with Crippen LogP contribution in [-0.2, 0) is 28.6 Å². The van der Waals surface area contributed by atoms with Crippen molar-refractivity contribution in [2.75, 3.05) is 24.4 Å². The number of alkyl halides is 4. The van der Waals surface area contributed by atoms with E-state index in [0.717, 1.165) is 19.3 Å². The Morgan fingerprint density at radius 2 is 1.75 bits per heavy atom.